The van der Waals surface area contributed by atoms with Crippen molar-refractivity contribution in [2.75, 3.05) is 0 Å². The molecule has 9 heavy (non-hydrogen) atoms. The molecule has 0 spiro atoms. The second kappa shape index (κ2) is 9.81. The average molecular weight is 201 g/mol. The summed E-state index contributed by atoms with van der Waals surface area (Å²) < 4.78 is 17.3. The number of rotatable bonds is 0. The molecule has 0 heterocycles. The third-order valence-electron chi connectivity index (χ3n) is 0. The van der Waals surface area contributed by atoms with E-state index in [1.54, 1.807) is 0 Å². The Morgan fingerprint density at radius 2 is 1.44 bits per heavy atom. The molecule has 0 aromatic heterocycles. The van der Waals surface area contributed by atoms with E-state index < -0.39 is 16.5 Å². The number of hydrogen-bond acceptors (Lipinski definition) is 3. The maximum absolute atomic E-state index is 8.77. The van der Waals surface area contributed by atoms with E-state index in [2.05, 4.69) is 0 Å². The molecule has 0 bridgehead atoms. The van der Waals surface area contributed by atoms with Gasteiger partial charge in [-0.05, 0) is 4.57 Å². The SMILES string of the molecule is O=P([O-])(O)O.O=[PH+]O.[K+]. The second-order valence-corrected chi connectivity index (χ2v) is 1.75. The van der Waals surface area contributed by atoms with Gasteiger partial charge in [-0.2, -0.15) is 4.89 Å². The fourth-order valence-corrected chi connectivity index (χ4v) is 0. The molecule has 1 unspecified atom stereocenters. The topological polar surface area (TPSA) is 118 Å². The molecule has 6 nitrogen and oxygen atoms in total. The van der Waals surface area contributed by atoms with Gasteiger partial charge in [0.05, 0.1) is 0 Å². The Bertz CT molecular complexity index is 85.0. The van der Waals surface area contributed by atoms with Gasteiger partial charge in [-0.3, -0.25) is 4.57 Å². The summed E-state index contributed by atoms with van der Waals surface area (Å²) in [6.45, 7) is 0. The number of phosphoric acid groups is 1. The van der Waals surface area contributed by atoms with Crippen molar-refractivity contribution in [2.45, 2.75) is 0 Å². The Balaban J connectivity index is -0.0000000800. The van der Waals surface area contributed by atoms with Crippen molar-refractivity contribution in [1.29, 1.82) is 0 Å². The minimum atomic E-state index is -4.89. The Morgan fingerprint density at radius 3 is 1.44 bits per heavy atom. The van der Waals surface area contributed by atoms with Gasteiger partial charge in [-0.25, -0.2) is 0 Å². The predicted octanol–water partition coefficient (Wildman–Crippen LogP) is -4.64. The van der Waals surface area contributed by atoms with Crippen molar-refractivity contribution in [1.82, 2.24) is 0 Å². The van der Waals surface area contributed by atoms with Crippen molar-refractivity contribution < 1.29 is 80.1 Å². The largest absolute Gasteiger partial charge is 1.00 e. The molecular formula is H4KO6P2+. The zero-order chi connectivity index (χ0) is 7.21. The molecule has 0 saturated heterocycles. The molecule has 1 atom stereocenters. The minimum Gasteiger partial charge on any atom is -0.756 e. The summed E-state index contributed by atoms with van der Waals surface area (Å²) in [5.74, 6) is 0. The molecule has 0 fully saturated rings. The Morgan fingerprint density at radius 1 is 1.44 bits per heavy atom. The van der Waals surface area contributed by atoms with Gasteiger partial charge in [0, 0.05) is 0 Å². The van der Waals surface area contributed by atoms with Gasteiger partial charge in [0.1, 0.15) is 0 Å². The van der Waals surface area contributed by atoms with E-state index in [-0.39, 0.29) is 51.4 Å². The van der Waals surface area contributed by atoms with Gasteiger partial charge in [0.25, 0.3) is 7.82 Å². The van der Waals surface area contributed by atoms with E-state index in [1.807, 2.05) is 0 Å². The van der Waals surface area contributed by atoms with Crippen molar-refractivity contribution in [3.05, 3.63) is 0 Å². The van der Waals surface area contributed by atoms with Crippen molar-refractivity contribution >= 4 is 16.5 Å². The van der Waals surface area contributed by atoms with Crippen LogP contribution in [-0.2, 0) is 9.13 Å². The summed E-state index contributed by atoms with van der Waals surface area (Å²) in [6.07, 6.45) is 0. The Labute approximate surface area is 95.2 Å². The zero-order valence-corrected chi connectivity index (χ0v) is 9.53. The first-order valence-electron chi connectivity index (χ1n) is 1.19. The molecule has 0 aromatic rings. The van der Waals surface area contributed by atoms with Crippen LogP contribution in [0.4, 0.5) is 0 Å². The van der Waals surface area contributed by atoms with E-state index in [4.69, 9.17) is 28.7 Å². The smallest absolute Gasteiger partial charge is 0.756 e. The van der Waals surface area contributed by atoms with E-state index >= 15 is 0 Å². The van der Waals surface area contributed by atoms with Gasteiger partial charge < -0.3 is 14.7 Å². The summed E-state index contributed by atoms with van der Waals surface area (Å²) in [6, 6.07) is 0. The quantitative estimate of drug-likeness (QED) is 0.268. The van der Waals surface area contributed by atoms with Gasteiger partial charge in [0.2, 0.25) is 0 Å². The summed E-state index contributed by atoms with van der Waals surface area (Å²) in [5.41, 5.74) is 0. The molecule has 0 saturated carbocycles. The van der Waals surface area contributed by atoms with Crippen LogP contribution >= 0.6 is 16.5 Å². The summed E-state index contributed by atoms with van der Waals surface area (Å²) in [7, 11) is -6.06. The first-order valence-corrected chi connectivity index (χ1v) is 3.58. The van der Waals surface area contributed by atoms with Crippen LogP contribution in [0.15, 0.2) is 0 Å². The second-order valence-electron chi connectivity index (χ2n) is 0.582. The molecule has 0 radical (unpaired) electrons. The fourth-order valence-electron chi connectivity index (χ4n) is 0. The number of hydrogen-bond donors (Lipinski definition) is 3. The Kier molecular flexibility index (Phi) is 18.6. The maximum atomic E-state index is 8.77. The normalized spacial score (nSPS) is 8.89. The standard InChI is InChI=1S/K.H3O4P.HO2P/c;1-5(2,3)4;1-3-2/h;(H3,1,2,3,4);3H/q+1;;. The van der Waals surface area contributed by atoms with Crippen LogP contribution in [0.2, 0.25) is 0 Å². The predicted molar refractivity (Wildman–Crippen MR) is 23.3 cm³/mol. The molecule has 0 rings (SSSR count). The first kappa shape index (κ1) is 17.1. The third-order valence-corrected chi connectivity index (χ3v) is 0. The zero-order valence-electron chi connectivity index (χ0n) is 4.51. The van der Waals surface area contributed by atoms with Gasteiger partial charge in [0.15, 0.2) is 0 Å². The van der Waals surface area contributed by atoms with E-state index in [9.17, 15) is 0 Å². The summed E-state index contributed by atoms with van der Waals surface area (Å²) in [5, 5.41) is 0. The van der Waals surface area contributed by atoms with Crippen molar-refractivity contribution in [3.63, 3.8) is 0 Å². The van der Waals surface area contributed by atoms with Crippen LogP contribution in [0.3, 0.4) is 0 Å². The summed E-state index contributed by atoms with van der Waals surface area (Å²) in [4.78, 5) is 30.0. The molecule has 0 aliphatic rings. The maximum Gasteiger partial charge on any atom is 1.00 e. The van der Waals surface area contributed by atoms with Gasteiger partial charge in [-0.15, -0.1) is 0 Å². The molecule has 0 amide bonds. The monoisotopic (exact) mass is 201 g/mol. The van der Waals surface area contributed by atoms with Gasteiger partial charge >= 0.3 is 60.1 Å². The Hall–Kier alpha value is 1.81. The first-order chi connectivity index (χ1) is 3.41. The van der Waals surface area contributed by atoms with Crippen LogP contribution in [0.25, 0.3) is 0 Å². The summed E-state index contributed by atoms with van der Waals surface area (Å²) >= 11 is 0. The van der Waals surface area contributed by atoms with Crippen molar-refractivity contribution in [3.8, 4) is 0 Å². The minimum absolute atomic E-state index is 0. The third kappa shape index (κ3) is 183. The van der Waals surface area contributed by atoms with Crippen molar-refractivity contribution in [2.24, 2.45) is 0 Å². The molecular weight excluding hydrogens is 197 g/mol. The molecule has 50 valence electrons. The van der Waals surface area contributed by atoms with Crippen LogP contribution in [0.5, 0.6) is 0 Å². The van der Waals surface area contributed by atoms with E-state index in [0.717, 1.165) is 0 Å². The molecule has 9 heteroatoms. The van der Waals surface area contributed by atoms with Crippen LogP contribution < -0.4 is 56.3 Å². The van der Waals surface area contributed by atoms with E-state index in [0.29, 0.717) is 0 Å². The average Bonchev–Trinajstić information content (AvgIpc) is 1.27. The molecule has 3 N–H and O–H groups in total. The van der Waals surface area contributed by atoms with Crippen LogP contribution in [-0.4, -0.2) is 14.7 Å². The van der Waals surface area contributed by atoms with E-state index in [1.165, 1.54) is 0 Å². The molecule has 0 aromatic carbocycles. The molecule has 0 aliphatic heterocycles. The van der Waals surface area contributed by atoms with Crippen LogP contribution in [0.1, 0.15) is 0 Å². The van der Waals surface area contributed by atoms with Crippen LogP contribution in [0, 0.1) is 0 Å². The fraction of sp³-hybridized carbons (Fsp3) is 0. The molecule has 0 aliphatic carbocycles. The van der Waals surface area contributed by atoms with Gasteiger partial charge in [-0.1, -0.05) is 0 Å².